The summed E-state index contributed by atoms with van der Waals surface area (Å²) in [6.07, 6.45) is 2.94. The third-order valence-corrected chi connectivity index (χ3v) is 10.1. The van der Waals surface area contributed by atoms with Gasteiger partial charge in [-0.25, -0.2) is 4.98 Å². The van der Waals surface area contributed by atoms with Gasteiger partial charge in [0.1, 0.15) is 5.82 Å². The van der Waals surface area contributed by atoms with E-state index >= 15 is 0 Å². The predicted octanol–water partition coefficient (Wildman–Crippen LogP) is 12.8. The molecule has 6 heteroatoms. The molecule has 1 aliphatic heterocycles. The number of aromatic nitrogens is 2. The van der Waals surface area contributed by atoms with Crippen molar-refractivity contribution in [2.45, 2.75) is 72.6 Å². The minimum absolute atomic E-state index is 0. The van der Waals surface area contributed by atoms with E-state index in [0.29, 0.717) is 17.4 Å². The zero-order valence-electron chi connectivity index (χ0n) is 32.3. The molecular formula is C48H47N4OPt-3. The topological polar surface area (TPSA) is 33.5 Å². The Labute approximate surface area is 334 Å². The predicted molar refractivity (Wildman–Crippen MR) is 220 cm³/mol. The normalized spacial score (nSPS) is 13.1. The van der Waals surface area contributed by atoms with E-state index in [1.54, 1.807) is 0 Å². The Morgan fingerprint density at radius 3 is 2.13 bits per heavy atom. The van der Waals surface area contributed by atoms with Crippen molar-refractivity contribution in [2.75, 3.05) is 9.80 Å². The molecule has 1 aliphatic rings. The molecule has 7 aromatic rings. The molecular weight excluding hydrogens is 844 g/mol. The minimum Gasteiger partial charge on any atom is -0.509 e. The van der Waals surface area contributed by atoms with Crippen molar-refractivity contribution in [3.8, 4) is 17.3 Å². The first kappa shape index (κ1) is 37.5. The number of nitrogens with zero attached hydrogens (tertiary/aromatic N) is 4. The number of benzene rings is 5. The van der Waals surface area contributed by atoms with Gasteiger partial charge in [0.15, 0.2) is 0 Å². The van der Waals surface area contributed by atoms with Crippen LogP contribution < -0.4 is 14.5 Å². The van der Waals surface area contributed by atoms with Crippen LogP contribution >= 0.6 is 0 Å². The molecule has 5 nitrogen and oxygen atoms in total. The van der Waals surface area contributed by atoms with Gasteiger partial charge in [-0.3, -0.25) is 0 Å². The van der Waals surface area contributed by atoms with E-state index in [1.165, 1.54) is 22.1 Å². The first-order valence-corrected chi connectivity index (χ1v) is 18.6. The van der Waals surface area contributed by atoms with Crippen molar-refractivity contribution in [1.29, 1.82) is 0 Å². The second-order valence-electron chi connectivity index (χ2n) is 16.7. The summed E-state index contributed by atoms with van der Waals surface area (Å²) in [4.78, 5) is 9.31. The smallest absolute Gasteiger partial charge is 0.135 e. The Kier molecular flexibility index (Phi) is 10.00. The molecule has 0 spiro atoms. The SMILES string of the molecule is CC(C)Cc1ccc2c(c1)c1ccc(Oc3[c-]c(N4[CH-]N(c5cccc(C(C)(C)C)c5)c5ccccc54)ccc3)[c-]c1n2-c1cc(C(C)(C)C)ccn1.[Pt]. The van der Waals surface area contributed by atoms with Crippen LogP contribution in [0.5, 0.6) is 11.5 Å². The van der Waals surface area contributed by atoms with Crippen molar-refractivity contribution < 1.29 is 25.8 Å². The Bertz CT molecular complexity index is 2470. The zero-order chi connectivity index (χ0) is 37.1. The summed E-state index contributed by atoms with van der Waals surface area (Å²) in [5.41, 5.74) is 10.1. The maximum absolute atomic E-state index is 6.58. The van der Waals surface area contributed by atoms with Gasteiger partial charge in [0.2, 0.25) is 0 Å². The largest absolute Gasteiger partial charge is 0.509 e. The van der Waals surface area contributed by atoms with Gasteiger partial charge < -0.3 is 19.1 Å². The van der Waals surface area contributed by atoms with Gasteiger partial charge in [-0.15, -0.1) is 48.1 Å². The molecule has 0 atom stereocenters. The number of anilines is 4. The molecule has 0 saturated carbocycles. The average Bonchev–Trinajstić information content (AvgIpc) is 3.67. The number of rotatable bonds is 7. The molecule has 0 radical (unpaired) electrons. The van der Waals surface area contributed by atoms with Crippen molar-refractivity contribution in [1.82, 2.24) is 9.55 Å². The van der Waals surface area contributed by atoms with Crippen LogP contribution in [0.2, 0.25) is 0 Å². The van der Waals surface area contributed by atoms with Crippen molar-refractivity contribution >= 4 is 44.6 Å². The monoisotopic (exact) mass is 890 g/mol. The van der Waals surface area contributed by atoms with E-state index in [0.717, 1.165) is 51.4 Å². The summed E-state index contributed by atoms with van der Waals surface area (Å²) in [5.74, 6) is 2.68. The molecule has 0 unspecified atom stereocenters. The van der Waals surface area contributed by atoms with E-state index in [4.69, 9.17) is 9.72 Å². The molecule has 5 aromatic carbocycles. The van der Waals surface area contributed by atoms with Gasteiger partial charge in [0, 0.05) is 61.3 Å². The second kappa shape index (κ2) is 14.4. The Morgan fingerprint density at radius 2 is 1.39 bits per heavy atom. The van der Waals surface area contributed by atoms with Crippen LogP contribution in [0.3, 0.4) is 0 Å². The van der Waals surface area contributed by atoms with Crippen LogP contribution in [0.25, 0.3) is 27.6 Å². The molecule has 3 heterocycles. The number of fused-ring (bicyclic) bond motifs is 4. The Balaban J connectivity index is 0.00000450. The quantitative estimate of drug-likeness (QED) is 0.149. The number of ether oxygens (including phenoxy) is 1. The first-order valence-electron chi connectivity index (χ1n) is 18.6. The van der Waals surface area contributed by atoms with Crippen LogP contribution in [0.4, 0.5) is 22.7 Å². The van der Waals surface area contributed by atoms with Crippen molar-refractivity contribution in [3.05, 3.63) is 151 Å². The first-order chi connectivity index (χ1) is 25.3. The fraction of sp³-hybridized carbons (Fsp3) is 0.250. The van der Waals surface area contributed by atoms with Gasteiger partial charge in [-0.05, 0) is 87.7 Å². The van der Waals surface area contributed by atoms with E-state index in [2.05, 4.69) is 180 Å². The standard InChI is InChI=1S/C48H47N4O.Pt/c1-32(2)25-33-19-22-42-41(26-33)40-21-20-39(30-45(40)52(42)46-28-35(23-24-49-46)48(6,7)8)53-38-16-12-15-37(29-38)51-31-50(43-17-9-10-18-44(43)51)36-14-11-13-34(27-36)47(3,4)5;/h9-24,26-28,31-32H,25H2,1-8H3;/q-3;. The zero-order valence-corrected chi connectivity index (χ0v) is 34.6. The summed E-state index contributed by atoms with van der Waals surface area (Å²) >= 11 is 0. The third kappa shape index (κ3) is 7.19. The summed E-state index contributed by atoms with van der Waals surface area (Å²) in [6.45, 7) is 20.1. The third-order valence-electron chi connectivity index (χ3n) is 10.1. The number of hydrogen-bond donors (Lipinski definition) is 0. The fourth-order valence-corrected chi connectivity index (χ4v) is 7.26. The molecule has 0 amide bonds. The molecule has 0 N–H and O–H groups in total. The minimum atomic E-state index is -0.0134. The average molecular weight is 891 g/mol. The van der Waals surface area contributed by atoms with Gasteiger partial charge in [0.05, 0.1) is 0 Å². The van der Waals surface area contributed by atoms with E-state index in [1.807, 2.05) is 24.4 Å². The molecule has 54 heavy (non-hydrogen) atoms. The van der Waals surface area contributed by atoms with Crippen LogP contribution in [0.15, 0.2) is 115 Å². The fourth-order valence-electron chi connectivity index (χ4n) is 7.26. The van der Waals surface area contributed by atoms with Crippen molar-refractivity contribution in [2.24, 2.45) is 5.92 Å². The summed E-state index contributed by atoms with van der Waals surface area (Å²) in [7, 11) is 0. The molecule has 2 aromatic heterocycles. The van der Waals surface area contributed by atoms with Crippen LogP contribution in [0, 0.1) is 24.7 Å². The number of hydrogen-bond acceptors (Lipinski definition) is 4. The number of pyridine rings is 1. The number of para-hydroxylation sites is 2. The van der Waals surface area contributed by atoms with Crippen LogP contribution in [-0.2, 0) is 38.3 Å². The summed E-state index contributed by atoms with van der Waals surface area (Å²) in [6, 6.07) is 45.8. The van der Waals surface area contributed by atoms with E-state index in [9.17, 15) is 0 Å². The van der Waals surface area contributed by atoms with Gasteiger partial charge in [-0.1, -0.05) is 97.3 Å². The Hall–Kier alpha value is -4.86. The molecule has 0 bridgehead atoms. The second-order valence-corrected chi connectivity index (χ2v) is 16.7. The summed E-state index contributed by atoms with van der Waals surface area (Å²) in [5, 5.41) is 2.32. The van der Waals surface area contributed by atoms with Crippen LogP contribution in [-0.4, -0.2) is 9.55 Å². The van der Waals surface area contributed by atoms with Gasteiger partial charge in [0.25, 0.3) is 0 Å². The van der Waals surface area contributed by atoms with Gasteiger partial charge >= 0.3 is 0 Å². The summed E-state index contributed by atoms with van der Waals surface area (Å²) < 4.78 is 8.81. The molecule has 0 fully saturated rings. The molecule has 8 rings (SSSR count). The molecule has 0 saturated heterocycles. The Morgan fingerprint density at radius 1 is 0.685 bits per heavy atom. The maximum Gasteiger partial charge on any atom is 0.135 e. The molecule has 278 valence electrons. The van der Waals surface area contributed by atoms with Crippen LogP contribution in [0.1, 0.15) is 72.1 Å². The van der Waals surface area contributed by atoms with E-state index in [-0.39, 0.29) is 31.9 Å². The van der Waals surface area contributed by atoms with Crippen molar-refractivity contribution in [3.63, 3.8) is 0 Å². The maximum atomic E-state index is 6.58. The van der Waals surface area contributed by atoms with E-state index < -0.39 is 0 Å². The van der Waals surface area contributed by atoms with Gasteiger partial charge in [-0.2, -0.15) is 12.1 Å². The molecule has 0 aliphatic carbocycles.